The first-order valence-electron chi connectivity index (χ1n) is 7.69. The molecule has 1 aromatic heterocycles. The average Bonchev–Trinajstić information content (AvgIpc) is 2.77. The molecule has 1 amide bonds. The zero-order chi connectivity index (χ0) is 19.4. The number of thiophene rings is 1. The number of halogens is 1. The lowest BCUT2D eigenvalue weighted by atomic mass is 10.0. The fraction of sp³-hybridized carbons (Fsp3) is 0.562. The van der Waals surface area contributed by atoms with Gasteiger partial charge in [0.2, 0.25) is 5.91 Å². The lowest BCUT2D eigenvalue weighted by Gasteiger charge is -2.23. The number of carbonyl (C=O) groups is 3. The lowest BCUT2D eigenvalue weighted by Crippen LogP contribution is -2.47. The molecule has 0 saturated carbocycles. The maximum absolute atomic E-state index is 12.5. The van der Waals surface area contributed by atoms with Gasteiger partial charge in [-0.2, -0.15) is 0 Å². The molecule has 0 aliphatic heterocycles. The highest BCUT2D eigenvalue weighted by Crippen LogP contribution is 2.31. The van der Waals surface area contributed by atoms with Gasteiger partial charge in [-0.15, -0.1) is 11.3 Å². The van der Waals surface area contributed by atoms with Crippen LogP contribution in [0.2, 0.25) is 0 Å². The van der Waals surface area contributed by atoms with Crippen molar-refractivity contribution in [3.63, 3.8) is 0 Å². The first-order chi connectivity index (χ1) is 11.4. The number of anilines is 1. The van der Waals surface area contributed by atoms with Gasteiger partial charge >= 0.3 is 11.9 Å². The highest BCUT2D eigenvalue weighted by molar-refractivity contribution is 9.11. The van der Waals surface area contributed by atoms with Crippen molar-refractivity contribution in [2.24, 2.45) is 5.92 Å². The number of esters is 1. The van der Waals surface area contributed by atoms with Gasteiger partial charge in [-0.3, -0.25) is 14.9 Å². The van der Waals surface area contributed by atoms with Gasteiger partial charge in [-0.1, -0.05) is 13.8 Å². The summed E-state index contributed by atoms with van der Waals surface area (Å²) in [6, 6.07) is 0.866. The molecule has 1 atom stereocenters. The predicted octanol–water partition coefficient (Wildman–Crippen LogP) is 3.10. The summed E-state index contributed by atoms with van der Waals surface area (Å²) in [7, 11) is 0. The van der Waals surface area contributed by atoms with E-state index in [1.807, 2.05) is 13.8 Å². The van der Waals surface area contributed by atoms with Crippen molar-refractivity contribution in [2.75, 3.05) is 11.9 Å². The Balaban J connectivity index is 2.78. The SMILES string of the molecule is CC(C)C(NCC(=O)OC(C)(C)C)C(=O)Nc1cc(Br)sc1C(=O)O. The summed E-state index contributed by atoms with van der Waals surface area (Å²) in [5, 5.41) is 14.7. The Morgan fingerprint density at radius 2 is 1.92 bits per heavy atom. The average molecular weight is 435 g/mol. The second-order valence-corrected chi connectivity index (χ2v) is 9.21. The predicted molar refractivity (Wildman–Crippen MR) is 100 cm³/mol. The molecule has 9 heteroatoms. The molecule has 1 heterocycles. The highest BCUT2D eigenvalue weighted by Gasteiger charge is 2.26. The molecule has 25 heavy (non-hydrogen) atoms. The molecule has 0 fully saturated rings. The molecule has 140 valence electrons. The van der Waals surface area contributed by atoms with Gasteiger partial charge in [0.1, 0.15) is 10.5 Å². The summed E-state index contributed by atoms with van der Waals surface area (Å²) in [6.07, 6.45) is 0. The van der Waals surface area contributed by atoms with Crippen LogP contribution in [0.25, 0.3) is 0 Å². The number of hydrogen-bond acceptors (Lipinski definition) is 6. The number of rotatable bonds is 7. The van der Waals surface area contributed by atoms with E-state index in [0.29, 0.717) is 3.79 Å². The molecule has 1 unspecified atom stereocenters. The molecule has 0 spiro atoms. The van der Waals surface area contributed by atoms with E-state index in [1.165, 1.54) is 6.07 Å². The molecular formula is C16H23BrN2O5S. The number of ether oxygens (including phenoxy) is 1. The lowest BCUT2D eigenvalue weighted by molar-refractivity contribution is -0.153. The van der Waals surface area contributed by atoms with Gasteiger partial charge in [0.25, 0.3) is 0 Å². The molecule has 0 aliphatic carbocycles. The number of amides is 1. The van der Waals surface area contributed by atoms with Gasteiger partial charge in [0.05, 0.1) is 22.1 Å². The van der Waals surface area contributed by atoms with E-state index < -0.39 is 29.5 Å². The fourth-order valence-electron chi connectivity index (χ4n) is 2.03. The van der Waals surface area contributed by atoms with Crippen molar-refractivity contribution < 1.29 is 24.2 Å². The van der Waals surface area contributed by atoms with Gasteiger partial charge in [0, 0.05) is 0 Å². The van der Waals surface area contributed by atoms with Crippen molar-refractivity contribution in [2.45, 2.75) is 46.3 Å². The van der Waals surface area contributed by atoms with Crippen LogP contribution < -0.4 is 10.6 Å². The number of carboxylic acids is 1. The van der Waals surface area contributed by atoms with Crippen LogP contribution in [-0.4, -0.2) is 41.1 Å². The molecule has 0 aromatic carbocycles. The van der Waals surface area contributed by atoms with Crippen molar-refractivity contribution in [1.29, 1.82) is 0 Å². The Morgan fingerprint density at radius 3 is 2.40 bits per heavy atom. The minimum absolute atomic E-state index is 0.0369. The zero-order valence-electron chi connectivity index (χ0n) is 14.8. The molecule has 1 aromatic rings. The minimum Gasteiger partial charge on any atom is -0.477 e. The molecule has 0 radical (unpaired) electrons. The number of carboxylic acid groups (broad SMARTS) is 1. The molecule has 0 saturated heterocycles. The van der Waals surface area contributed by atoms with E-state index in [1.54, 1.807) is 20.8 Å². The van der Waals surface area contributed by atoms with Crippen LogP contribution in [0.3, 0.4) is 0 Å². The third kappa shape index (κ3) is 7.13. The van der Waals surface area contributed by atoms with Crippen molar-refractivity contribution in [3.05, 3.63) is 14.7 Å². The van der Waals surface area contributed by atoms with Crippen molar-refractivity contribution in [1.82, 2.24) is 5.32 Å². The van der Waals surface area contributed by atoms with E-state index >= 15 is 0 Å². The Hall–Kier alpha value is -1.45. The molecule has 7 nitrogen and oxygen atoms in total. The summed E-state index contributed by atoms with van der Waals surface area (Å²) < 4.78 is 5.80. The van der Waals surface area contributed by atoms with Crippen LogP contribution in [0.5, 0.6) is 0 Å². The third-order valence-corrected chi connectivity index (χ3v) is 4.62. The largest absolute Gasteiger partial charge is 0.477 e. The first kappa shape index (κ1) is 21.6. The maximum Gasteiger partial charge on any atom is 0.348 e. The zero-order valence-corrected chi connectivity index (χ0v) is 17.2. The fourth-order valence-corrected chi connectivity index (χ4v) is 3.42. The minimum atomic E-state index is -1.12. The smallest absolute Gasteiger partial charge is 0.348 e. The number of hydrogen-bond donors (Lipinski definition) is 3. The van der Waals surface area contributed by atoms with E-state index in [2.05, 4.69) is 26.6 Å². The van der Waals surface area contributed by atoms with E-state index in [9.17, 15) is 19.5 Å². The molecule has 1 rings (SSSR count). The molecule has 0 bridgehead atoms. The summed E-state index contributed by atoms with van der Waals surface area (Å²) in [5.41, 5.74) is -0.382. The van der Waals surface area contributed by atoms with Crippen LogP contribution in [0, 0.1) is 5.92 Å². The second-order valence-electron chi connectivity index (χ2n) is 6.78. The van der Waals surface area contributed by atoms with Crippen molar-refractivity contribution in [3.8, 4) is 0 Å². The summed E-state index contributed by atoms with van der Waals surface area (Å²) in [6.45, 7) is 8.83. The Kier molecular flexibility index (Phi) is 7.58. The van der Waals surface area contributed by atoms with Crippen LogP contribution in [0.4, 0.5) is 5.69 Å². The van der Waals surface area contributed by atoms with E-state index in [-0.39, 0.29) is 23.0 Å². The second kappa shape index (κ2) is 8.77. The van der Waals surface area contributed by atoms with Crippen LogP contribution in [0.1, 0.15) is 44.3 Å². The maximum atomic E-state index is 12.5. The quantitative estimate of drug-likeness (QED) is 0.569. The van der Waals surface area contributed by atoms with Gasteiger partial charge in [0.15, 0.2) is 0 Å². The highest BCUT2D eigenvalue weighted by atomic mass is 79.9. The van der Waals surface area contributed by atoms with Gasteiger partial charge in [-0.25, -0.2) is 4.79 Å². The first-order valence-corrected chi connectivity index (χ1v) is 9.30. The molecule has 3 N–H and O–H groups in total. The third-order valence-electron chi connectivity index (χ3n) is 2.99. The van der Waals surface area contributed by atoms with Gasteiger partial charge in [-0.05, 0) is 48.7 Å². The summed E-state index contributed by atoms with van der Waals surface area (Å²) >= 11 is 4.23. The Bertz CT molecular complexity index is 651. The number of nitrogens with one attached hydrogen (secondary N) is 2. The Morgan fingerprint density at radius 1 is 1.32 bits per heavy atom. The Labute approximate surface area is 159 Å². The molecular weight excluding hydrogens is 412 g/mol. The van der Waals surface area contributed by atoms with E-state index in [0.717, 1.165) is 11.3 Å². The van der Waals surface area contributed by atoms with Gasteiger partial charge < -0.3 is 15.2 Å². The van der Waals surface area contributed by atoms with Crippen LogP contribution in [0.15, 0.2) is 9.85 Å². The van der Waals surface area contributed by atoms with Crippen LogP contribution in [-0.2, 0) is 14.3 Å². The number of carbonyl (C=O) groups excluding carboxylic acids is 2. The summed E-state index contributed by atoms with van der Waals surface area (Å²) in [4.78, 5) is 35.6. The topological polar surface area (TPSA) is 105 Å². The van der Waals surface area contributed by atoms with Crippen LogP contribution >= 0.6 is 27.3 Å². The summed E-state index contributed by atoms with van der Waals surface area (Å²) in [5.74, 6) is -2.10. The van der Waals surface area contributed by atoms with E-state index in [4.69, 9.17) is 4.74 Å². The number of aromatic carboxylic acids is 1. The monoisotopic (exact) mass is 434 g/mol. The standard InChI is InChI=1S/C16H23BrN2O5S/c1-8(2)12(18-7-11(20)24-16(3,4)5)14(21)19-9-6-10(17)25-13(9)15(22)23/h6,8,12,18H,7H2,1-5H3,(H,19,21)(H,22,23). The van der Waals surface area contributed by atoms with Crippen molar-refractivity contribution >= 4 is 50.8 Å². The molecule has 0 aliphatic rings. The normalized spacial score (nSPS) is 12.8.